The quantitative estimate of drug-likeness (QED) is 0.592. The zero-order chi connectivity index (χ0) is 10.8. The highest BCUT2D eigenvalue weighted by atomic mass is 32.2. The topological polar surface area (TPSA) is 55.8 Å². The van der Waals surface area contributed by atoms with Gasteiger partial charge in [0.2, 0.25) is 0 Å². The number of thioether (sulfide) groups is 1. The van der Waals surface area contributed by atoms with Crippen LogP contribution in [0.15, 0.2) is 0 Å². The summed E-state index contributed by atoms with van der Waals surface area (Å²) in [7, 11) is 1.63. The van der Waals surface area contributed by atoms with Crippen LogP contribution in [0.1, 0.15) is 6.92 Å². The lowest BCUT2D eigenvalue weighted by Gasteiger charge is -2.06. The molecule has 0 saturated heterocycles. The second-order valence-electron chi connectivity index (χ2n) is 2.92. The van der Waals surface area contributed by atoms with Gasteiger partial charge < -0.3 is 14.6 Å². The summed E-state index contributed by atoms with van der Waals surface area (Å²) in [5.41, 5.74) is 0. The van der Waals surface area contributed by atoms with E-state index in [2.05, 4.69) is 0 Å². The van der Waals surface area contributed by atoms with Crippen LogP contribution in [0.2, 0.25) is 0 Å². The van der Waals surface area contributed by atoms with Crippen LogP contribution in [0.25, 0.3) is 0 Å². The zero-order valence-corrected chi connectivity index (χ0v) is 9.51. The number of rotatable bonds is 9. The first-order valence-corrected chi connectivity index (χ1v) is 5.71. The van der Waals surface area contributed by atoms with E-state index >= 15 is 0 Å². The number of hydrogen-bond acceptors (Lipinski definition) is 4. The largest absolute Gasteiger partial charge is 0.481 e. The fraction of sp³-hybridized carbons (Fsp3) is 0.889. The molecule has 0 aliphatic rings. The highest BCUT2D eigenvalue weighted by molar-refractivity contribution is 7.99. The van der Waals surface area contributed by atoms with Gasteiger partial charge in [-0.25, -0.2) is 0 Å². The molecule has 0 aromatic rings. The van der Waals surface area contributed by atoms with Crippen molar-refractivity contribution in [2.45, 2.75) is 6.92 Å². The van der Waals surface area contributed by atoms with Crippen molar-refractivity contribution >= 4 is 17.7 Å². The fourth-order valence-corrected chi connectivity index (χ4v) is 1.59. The number of carboxylic acids is 1. The Morgan fingerprint density at radius 3 is 2.71 bits per heavy atom. The van der Waals surface area contributed by atoms with Gasteiger partial charge in [0, 0.05) is 18.6 Å². The Balaban J connectivity index is 3.09. The lowest BCUT2D eigenvalue weighted by atomic mass is 10.2. The van der Waals surface area contributed by atoms with Crippen molar-refractivity contribution in [2.75, 3.05) is 38.4 Å². The molecule has 5 heteroatoms. The average molecular weight is 222 g/mol. The molecule has 0 radical (unpaired) electrons. The number of methoxy groups -OCH3 is 1. The maximum atomic E-state index is 10.4. The van der Waals surface area contributed by atoms with Gasteiger partial charge in [-0.15, -0.1) is 0 Å². The summed E-state index contributed by atoms with van der Waals surface area (Å²) in [5.74, 6) is 0.460. The molecule has 1 N–H and O–H groups in total. The van der Waals surface area contributed by atoms with Crippen molar-refractivity contribution in [1.29, 1.82) is 0 Å². The molecule has 0 aliphatic heterocycles. The molecule has 4 nitrogen and oxygen atoms in total. The van der Waals surface area contributed by atoms with Crippen molar-refractivity contribution < 1.29 is 19.4 Å². The van der Waals surface area contributed by atoms with Gasteiger partial charge in [0.1, 0.15) is 0 Å². The molecule has 1 unspecified atom stereocenters. The summed E-state index contributed by atoms with van der Waals surface area (Å²) in [6.07, 6.45) is 0. The fourth-order valence-electron chi connectivity index (χ4n) is 0.694. The standard InChI is InChI=1S/C9H18O4S/c1-8(9(10)11)7-14-6-5-13-4-3-12-2/h8H,3-7H2,1-2H3,(H,10,11). The Morgan fingerprint density at radius 2 is 2.14 bits per heavy atom. The normalized spacial score (nSPS) is 12.7. The highest BCUT2D eigenvalue weighted by Crippen LogP contribution is 2.07. The molecule has 0 fully saturated rings. The first-order valence-electron chi connectivity index (χ1n) is 4.55. The van der Waals surface area contributed by atoms with E-state index in [9.17, 15) is 4.79 Å². The van der Waals surface area contributed by atoms with Crippen molar-refractivity contribution in [3.63, 3.8) is 0 Å². The Hall–Kier alpha value is -0.260. The van der Waals surface area contributed by atoms with Crippen LogP contribution in [0, 0.1) is 5.92 Å². The van der Waals surface area contributed by atoms with E-state index in [0.717, 1.165) is 5.75 Å². The number of hydrogen-bond donors (Lipinski definition) is 1. The van der Waals surface area contributed by atoms with Gasteiger partial charge in [-0.2, -0.15) is 11.8 Å². The van der Waals surface area contributed by atoms with Crippen LogP contribution in [-0.2, 0) is 14.3 Å². The summed E-state index contributed by atoms with van der Waals surface area (Å²) in [6.45, 7) is 3.57. The Morgan fingerprint density at radius 1 is 1.43 bits per heavy atom. The van der Waals surface area contributed by atoms with Crippen LogP contribution in [-0.4, -0.2) is 49.5 Å². The van der Waals surface area contributed by atoms with Crippen LogP contribution < -0.4 is 0 Å². The number of carbonyl (C=O) groups is 1. The average Bonchev–Trinajstić information content (AvgIpc) is 2.16. The van der Waals surface area contributed by atoms with Crippen molar-refractivity contribution in [3.8, 4) is 0 Å². The molecule has 0 bridgehead atoms. The summed E-state index contributed by atoms with van der Waals surface area (Å²) < 4.78 is 10.0. The molecule has 1 atom stereocenters. The minimum atomic E-state index is -0.738. The summed E-state index contributed by atoms with van der Waals surface area (Å²) in [5, 5.41) is 8.59. The lowest BCUT2D eigenvalue weighted by molar-refractivity contribution is -0.140. The van der Waals surface area contributed by atoms with Gasteiger partial charge in [0.15, 0.2) is 0 Å². The van der Waals surface area contributed by atoms with E-state index in [0.29, 0.717) is 25.6 Å². The zero-order valence-electron chi connectivity index (χ0n) is 8.69. The van der Waals surface area contributed by atoms with E-state index in [1.807, 2.05) is 0 Å². The smallest absolute Gasteiger partial charge is 0.307 e. The predicted molar refractivity (Wildman–Crippen MR) is 56.8 cm³/mol. The Bertz CT molecular complexity index is 152. The lowest BCUT2D eigenvalue weighted by Crippen LogP contribution is -2.13. The van der Waals surface area contributed by atoms with E-state index in [4.69, 9.17) is 14.6 Å². The summed E-state index contributed by atoms with van der Waals surface area (Å²) in [6, 6.07) is 0. The van der Waals surface area contributed by atoms with Crippen molar-refractivity contribution in [2.24, 2.45) is 5.92 Å². The molecule has 0 saturated carbocycles. The van der Waals surface area contributed by atoms with Crippen molar-refractivity contribution in [3.05, 3.63) is 0 Å². The molecular weight excluding hydrogens is 204 g/mol. The van der Waals surface area contributed by atoms with Gasteiger partial charge in [0.05, 0.1) is 25.7 Å². The summed E-state index contributed by atoms with van der Waals surface area (Å²) in [4.78, 5) is 10.4. The van der Waals surface area contributed by atoms with Gasteiger partial charge in [-0.1, -0.05) is 6.92 Å². The van der Waals surface area contributed by atoms with Gasteiger partial charge >= 0.3 is 5.97 Å². The maximum Gasteiger partial charge on any atom is 0.307 e. The highest BCUT2D eigenvalue weighted by Gasteiger charge is 2.09. The predicted octanol–water partition coefficient (Wildman–Crippen LogP) is 1.10. The molecule has 0 heterocycles. The van der Waals surface area contributed by atoms with E-state index in [1.165, 1.54) is 0 Å². The van der Waals surface area contributed by atoms with Gasteiger partial charge in [-0.3, -0.25) is 4.79 Å². The van der Waals surface area contributed by atoms with Crippen LogP contribution in [0.5, 0.6) is 0 Å². The molecule has 0 aromatic heterocycles. The molecule has 0 aliphatic carbocycles. The van der Waals surface area contributed by atoms with E-state index in [1.54, 1.807) is 25.8 Å². The molecular formula is C9H18O4S. The van der Waals surface area contributed by atoms with E-state index in [-0.39, 0.29) is 5.92 Å². The second-order valence-corrected chi connectivity index (χ2v) is 4.07. The summed E-state index contributed by atoms with van der Waals surface area (Å²) >= 11 is 1.60. The Labute approximate surface area is 89.0 Å². The third kappa shape index (κ3) is 8.34. The van der Waals surface area contributed by atoms with E-state index < -0.39 is 5.97 Å². The minimum absolute atomic E-state index is 0.279. The minimum Gasteiger partial charge on any atom is -0.481 e. The number of aliphatic carboxylic acids is 1. The molecule has 0 amide bonds. The first-order chi connectivity index (χ1) is 6.68. The van der Waals surface area contributed by atoms with Crippen LogP contribution in [0.4, 0.5) is 0 Å². The second kappa shape index (κ2) is 9.30. The number of ether oxygens (including phenoxy) is 2. The Kier molecular flexibility index (Phi) is 9.13. The van der Waals surface area contributed by atoms with Crippen LogP contribution >= 0.6 is 11.8 Å². The third-order valence-electron chi connectivity index (χ3n) is 1.59. The monoisotopic (exact) mass is 222 g/mol. The van der Waals surface area contributed by atoms with Crippen LogP contribution in [0.3, 0.4) is 0 Å². The molecule has 84 valence electrons. The molecule has 0 aromatic carbocycles. The third-order valence-corrected chi connectivity index (χ3v) is 2.78. The maximum absolute atomic E-state index is 10.4. The van der Waals surface area contributed by atoms with Gasteiger partial charge in [-0.05, 0) is 0 Å². The SMILES string of the molecule is COCCOCCSCC(C)C(=O)O. The number of carboxylic acid groups (broad SMARTS) is 1. The van der Waals surface area contributed by atoms with Crippen molar-refractivity contribution in [1.82, 2.24) is 0 Å². The molecule has 0 rings (SSSR count). The molecule has 0 spiro atoms. The first kappa shape index (κ1) is 13.7. The van der Waals surface area contributed by atoms with Gasteiger partial charge in [0.25, 0.3) is 0 Å². The molecule has 14 heavy (non-hydrogen) atoms.